The molecule has 2 heterocycles. The van der Waals surface area contributed by atoms with Crippen molar-refractivity contribution in [1.29, 1.82) is 0 Å². The molecule has 16 nitrogen and oxygen atoms in total. The van der Waals surface area contributed by atoms with E-state index in [0.717, 1.165) is 0 Å². The number of amides is 1. The van der Waals surface area contributed by atoms with Crippen LogP contribution in [-0.4, -0.2) is 119 Å². The van der Waals surface area contributed by atoms with Crippen LogP contribution in [0.3, 0.4) is 0 Å². The summed E-state index contributed by atoms with van der Waals surface area (Å²) in [5, 5.41) is 28.1. The maximum Gasteiger partial charge on any atom is 0.407 e. The smallest absolute Gasteiger partial charge is 0.407 e. The van der Waals surface area contributed by atoms with Crippen molar-refractivity contribution in [3.05, 3.63) is 59.7 Å². The van der Waals surface area contributed by atoms with Crippen LogP contribution in [-0.2, 0) is 52.3 Å². The van der Waals surface area contributed by atoms with E-state index in [0.29, 0.717) is 11.1 Å². The zero-order chi connectivity index (χ0) is 45.9. The Morgan fingerprint density at radius 2 is 1.65 bits per heavy atom. The molecule has 342 valence electrons. The van der Waals surface area contributed by atoms with Gasteiger partial charge in [-0.2, -0.15) is 0 Å². The third kappa shape index (κ3) is 8.28. The Hall–Kier alpha value is -4.35. The highest BCUT2D eigenvalue weighted by atomic mass is 16.7. The highest BCUT2D eigenvalue weighted by Crippen LogP contribution is 2.67. The number of rotatable bonds is 11. The molecule has 1 aromatic carbocycles. The predicted octanol–water partition coefficient (Wildman–Crippen LogP) is 4.87. The number of alkyl carbamates (subject to hydrolysis) is 1. The minimum Gasteiger partial charge on any atom is -0.456 e. The predicted molar refractivity (Wildman–Crippen MR) is 220 cm³/mol. The quantitative estimate of drug-likeness (QED) is 0.154. The molecule has 2 saturated carbocycles. The van der Waals surface area contributed by atoms with E-state index in [1.165, 1.54) is 19.9 Å². The van der Waals surface area contributed by atoms with E-state index in [1.807, 2.05) is 20.8 Å². The lowest BCUT2D eigenvalue weighted by Crippen LogP contribution is -2.83. The molecular formula is C46H63NO15. The van der Waals surface area contributed by atoms with E-state index < -0.39 is 125 Å². The second-order valence-corrected chi connectivity index (χ2v) is 19.5. The van der Waals surface area contributed by atoms with Gasteiger partial charge in [0.05, 0.1) is 30.2 Å². The molecule has 3 N–H and O–H groups in total. The second kappa shape index (κ2) is 17.0. The molecule has 2 saturated heterocycles. The number of carbonyl (C=O) groups excluding carboxylic acids is 5. The minimum atomic E-state index is -2.23. The molecule has 0 spiro atoms. The van der Waals surface area contributed by atoms with Gasteiger partial charge in [0.1, 0.15) is 35.6 Å². The van der Waals surface area contributed by atoms with Gasteiger partial charge in [-0.05, 0) is 69.4 Å². The lowest BCUT2D eigenvalue weighted by Gasteiger charge is -2.71. The maximum absolute atomic E-state index is 14.4. The molecular weight excluding hydrogens is 806 g/mol. The Balaban J connectivity index is 1.57. The average molecular weight is 870 g/mol. The normalized spacial score (nSPS) is 35.5. The van der Waals surface area contributed by atoms with Crippen LogP contribution in [0.5, 0.6) is 0 Å². The van der Waals surface area contributed by atoms with Crippen molar-refractivity contribution < 1.29 is 72.1 Å². The fourth-order valence-electron chi connectivity index (χ4n) is 10.7. The third-order valence-corrected chi connectivity index (χ3v) is 13.4. The first-order chi connectivity index (χ1) is 28.8. The van der Waals surface area contributed by atoms with Crippen LogP contribution in [0.25, 0.3) is 0 Å². The van der Waals surface area contributed by atoms with Crippen LogP contribution in [0.1, 0.15) is 106 Å². The molecule has 6 unspecified atom stereocenters. The average Bonchev–Trinajstić information content (AvgIpc) is 3.15. The van der Waals surface area contributed by atoms with Crippen molar-refractivity contribution >= 4 is 30.0 Å². The van der Waals surface area contributed by atoms with Crippen molar-refractivity contribution in [2.45, 2.75) is 167 Å². The molecule has 16 heteroatoms. The lowest BCUT2D eigenvalue weighted by atomic mass is 9.44. The minimum absolute atomic E-state index is 0.0926. The number of ether oxygens (including phenoxy) is 8. The number of carbonyl (C=O) groups is 5. The van der Waals surface area contributed by atoms with E-state index in [2.05, 4.69) is 11.9 Å². The third-order valence-electron chi connectivity index (χ3n) is 13.4. The van der Waals surface area contributed by atoms with Gasteiger partial charge in [-0.15, -0.1) is 0 Å². The van der Waals surface area contributed by atoms with E-state index in [4.69, 9.17) is 37.9 Å². The van der Waals surface area contributed by atoms with E-state index in [1.54, 1.807) is 71.9 Å². The number of esters is 4. The number of nitrogens with one attached hydrogen (secondary N) is 1. The van der Waals surface area contributed by atoms with Gasteiger partial charge < -0.3 is 53.4 Å². The Bertz CT molecular complexity index is 1960. The van der Waals surface area contributed by atoms with E-state index in [9.17, 15) is 34.2 Å². The fourth-order valence-corrected chi connectivity index (χ4v) is 10.7. The van der Waals surface area contributed by atoms with Crippen LogP contribution in [0.4, 0.5) is 4.79 Å². The first-order valence-electron chi connectivity index (χ1n) is 21.3. The van der Waals surface area contributed by atoms with Gasteiger partial charge in [-0.3, -0.25) is 9.59 Å². The van der Waals surface area contributed by atoms with Crippen molar-refractivity contribution in [2.75, 3.05) is 6.61 Å². The van der Waals surface area contributed by atoms with Gasteiger partial charge in [0.2, 0.25) is 0 Å². The topological polar surface area (TPSA) is 212 Å². The summed E-state index contributed by atoms with van der Waals surface area (Å²) < 4.78 is 50.2. The molecule has 4 fully saturated rings. The number of benzene rings is 1. The summed E-state index contributed by atoms with van der Waals surface area (Å²) in [6.07, 6.45) is -9.36. The lowest BCUT2D eigenvalue weighted by molar-refractivity contribution is -0.405. The van der Waals surface area contributed by atoms with E-state index in [-0.39, 0.29) is 30.9 Å². The SMILES string of the molecule is C=CC1OC2CC3OC[C@@]3(OC(C)=O)[C@H]3[C@H](OC(=O)c4ccccc4)C4(O)C[C@H](OC(=O)C(O)[C@H](CC(C)C)NC(=O)OC(C)(C)C)C(C)=C([C@H](OC(C)=O)[C@H](O1)C23C)C4(C)C. The first-order valence-corrected chi connectivity index (χ1v) is 21.3. The highest BCUT2D eigenvalue weighted by Gasteiger charge is 2.79. The van der Waals surface area contributed by atoms with Crippen LogP contribution in [0, 0.1) is 22.7 Å². The zero-order valence-electron chi connectivity index (χ0n) is 37.6. The fraction of sp³-hybridized carbons (Fsp3) is 0.674. The van der Waals surface area contributed by atoms with Gasteiger partial charge in [0, 0.05) is 37.5 Å². The van der Waals surface area contributed by atoms with Gasteiger partial charge >= 0.3 is 30.0 Å². The number of fused-ring (bicyclic) bond motifs is 4. The summed E-state index contributed by atoms with van der Waals surface area (Å²) in [4.78, 5) is 68.1. The Kier molecular flexibility index (Phi) is 12.9. The molecule has 1 amide bonds. The zero-order valence-corrected chi connectivity index (χ0v) is 37.6. The summed E-state index contributed by atoms with van der Waals surface area (Å²) in [5.41, 5.74) is -6.65. The number of hydrogen-bond acceptors (Lipinski definition) is 15. The largest absolute Gasteiger partial charge is 0.456 e. The molecule has 2 aliphatic heterocycles. The molecule has 1 aromatic rings. The highest BCUT2D eigenvalue weighted by molar-refractivity contribution is 5.89. The molecule has 13 atom stereocenters. The van der Waals surface area contributed by atoms with Crippen LogP contribution in [0.15, 0.2) is 54.1 Å². The summed E-state index contributed by atoms with van der Waals surface area (Å²) in [6.45, 7) is 21.9. The molecule has 5 aliphatic rings. The van der Waals surface area contributed by atoms with Crippen LogP contribution >= 0.6 is 0 Å². The number of aliphatic hydroxyl groups is 2. The summed E-state index contributed by atoms with van der Waals surface area (Å²) in [5.74, 6) is -4.57. The first kappa shape index (κ1) is 47.1. The second-order valence-electron chi connectivity index (χ2n) is 19.5. The van der Waals surface area contributed by atoms with Gasteiger partial charge in [-0.25, -0.2) is 14.4 Å². The molecule has 6 rings (SSSR count). The standard InChI is InChI=1S/C46H63NO15/c1-13-32-58-30-20-31-45(22-55-31,61-26(6)49)36-38(60-39(51)27-17-15-14-16-18-27)46(54)21-29(57-40(52)34(50)28(19-23(2)3)47-41(53)62-42(7,8)9)24(4)33(43(46,10)11)35(56-25(5)48)37(59-32)44(30,36)12/h13-18,23,28-32,34-38,50,54H,1,19-22H2,2-12H3,(H,47,53)/t28-,29-,30?,31?,32?,34?,35-,36-,37-,38-,44?,45-,46?/m0/s1. The van der Waals surface area contributed by atoms with Gasteiger partial charge in [-0.1, -0.05) is 59.4 Å². The monoisotopic (exact) mass is 869 g/mol. The van der Waals surface area contributed by atoms with Crippen LogP contribution < -0.4 is 5.32 Å². The Labute approximate surface area is 362 Å². The Morgan fingerprint density at radius 3 is 2.19 bits per heavy atom. The summed E-state index contributed by atoms with van der Waals surface area (Å²) in [6, 6.07) is 7.04. The maximum atomic E-state index is 14.4. The molecule has 3 aliphatic carbocycles. The molecule has 2 bridgehead atoms. The van der Waals surface area contributed by atoms with Gasteiger partial charge in [0.15, 0.2) is 24.1 Å². The number of hydrogen-bond donors (Lipinski definition) is 3. The summed E-state index contributed by atoms with van der Waals surface area (Å²) >= 11 is 0. The summed E-state index contributed by atoms with van der Waals surface area (Å²) in [7, 11) is 0. The van der Waals surface area contributed by atoms with Crippen molar-refractivity contribution in [2.24, 2.45) is 22.7 Å². The Morgan fingerprint density at radius 1 is 0.984 bits per heavy atom. The van der Waals surface area contributed by atoms with Crippen molar-refractivity contribution in [3.8, 4) is 0 Å². The molecule has 0 radical (unpaired) electrons. The van der Waals surface area contributed by atoms with E-state index >= 15 is 0 Å². The van der Waals surface area contributed by atoms with Crippen molar-refractivity contribution in [3.63, 3.8) is 0 Å². The number of aliphatic hydroxyl groups excluding tert-OH is 1. The van der Waals surface area contributed by atoms with Crippen molar-refractivity contribution in [1.82, 2.24) is 5.32 Å². The molecule has 0 aromatic heterocycles. The molecule has 62 heavy (non-hydrogen) atoms. The van der Waals surface area contributed by atoms with Crippen LogP contribution in [0.2, 0.25) is 0 Å². The van der Waals surface area contributed by atoms with Gasteiger partial charge in [0.25, 0.3) is 0 Å².